The topological polar surface area (TPSA) is 55.6 Å². The standard InChI is InChI=1S/C8H16N2O2/c1-2-7(9)8(11)10-3-5-12-6-4-10/h7H,2-6,9H2,1H3. The lowest BCUT2D eigenvalue weighted by Crippen LogP contribution is -2.48. The lowest BCUT2D eigenvalue weighted by molar-refractivity contribution is -0.136. The molecule has 0 aromatic heterocycles. The molecule has 1 atom stereocenters. The first-order valence-electron chi connectivity index (χ1n) is 4.37. The minimum atomic E-state index is -0.330. The van der Waals surface area contributed by atoms with Crippen molar-refractivity contribution in [3.05, 3.63) is 0 Å². The number of hydrogen-bond acceptors (Lipinski definition) is 3. The summed E-state index contributed by atoms with van der Waals surface area (Å²) in [5.41, 5.74) is 5.62. The zero-order valence-corrected chi connectivity index (χ0v) is 7.45. The molecule has 0 spiro atoms. The van der Waals surface area contributed by atoms with Gasteiger partial charge in [-0.2, -0.15) is 0 Å². The summed E-state index contributed by atoms with van der Waals surface area (Å²) in [4.78, 5) is 13.2. The molecule has 1 fully saturated rings. The van der Waals surface area contributed by atoms with E-state index in [1.54, 1.807) is 4.90 Å². The van der Waals surface area contributed by atoms with E-state index in [1.165, 1.54) is 0 Å². The van der Waals surface area contributed by atoms with E-state index in [0.29, 0.717) is 32.7 Å². The number of nitrogens with two attached hydrogens (primary N) is 1. The Morgan fingerprint density at radius 3 is 2.67 bits per heavy atom. The fourth-order valence-electron chi connectivity index (χ4n) is 1.19. The fourth-order valence-corrected chi connectivity index (χ4v) is 1.19. The van der Waals surface area contributed by atoms with Crippen LogP contribution in [-0.2, 0) is 9.53 Å². The SMILES string of the molecule is CCC(N)C(=O)N1CCOCC1. The molecule has 1 heterocycles. The maximum atomic E-state index is 11.5. The average molecular weight is 172 g/mol. The summed E-state index contributed by atoms with van der Waals surface area (Å²) < 4.78 is 5.13. The third-order valence-electron chi connectivity index (χ3n) is 2.08. The number of carbonyl (C=O) groups is 1. The Labute approximate surface area is 72.7 Å². The molecule has 0 aliphatic carbocycles. The van der Waals surface area contributed by atoms with Crippen molar-refractivity contribution in [2.24, 2.45) is 5.73 Å². The van der Waals surface area contributed by atoms with Crippen molar-refractivity contribution >= 4 is 5.91 Å². The Kier molecular flexibility index (Phi) is 3.49. The zero-order chi connectivity index (χ0) is 8.97. The van der Waals surface area contributed by atoms with Crippen molar-refractivity contribution < 1.29 is 9.53 Å². The molecule has 2 N–H and O–H groups in total. The first kappa shape index (κ1) is 9.48. The summed E-state index contributed by atoms with van der Waals surface area (Å²) in [5.74, 6) is 0.0563. The summed E-state index contributed by atoms with van der Waals surface area (Å²) in [6.45, 7) is 4.58. The third kappa shape index (κ3) is 2.19. The number of nitrogens with zero attached hydrogens (tertiary/aromatic N) is 1. The predicted octanol–water partition coefficient (Wildman–Crippen LogP) is -0.417. The minimum absolute atomic E-state index is 0.0563. The molecule has 4 nitrogen and oxygen atoms in total. The van der Waals surface area contributed by atoms with Crippen LogP contribution in [-0.4, -0.2) is 43.2 Å². The molecule has 0 saturated carbocycles. The highest BCUT2D eigenvalue weighted by Gasteiger charge is 2.20. The Bertz CT molecular complexity index is 155. The molecule has 1 saturated heterocycles. The van der Waals surface area contributed by atoms with Crippen LogP contribution in [0.4, 0.5) is 0 Å². The van der Waals surface area contributed by atoms with Gasteiger partial charge in [0.05, 0.1) is 19.3 Å². The summed E-state index contributed by atoms with van der Waals surface area (Å²) in [7, 11) is 0. The summed E-state index contributed by atoms with van der Waals surface area (Å²) in [6.07, 6.45) is 0.705. The smallest absolute Gasteiger partial charge is 0.239 e. The second-order valence-electron chi connectivity index (χ2n) is 2.95. The zero-order valence-electron chi connectivity index (χ0n) is 7.45. The lowest BCUT2D eigenvalue weighted by atomic mass is 10.2. The highest BCUT2D eigenvalue weighted by atomic mass is 16.5. The highest BCUT2D eigenvalue weighted by Crippen LogP contribution is 2.00. The quantitative estimate of drug-likeness (QED) is 0.615. The van der Waals surface area contributed by atoms with E-state index in [1.807, 2.05) is 6.92 Å². The number of amides is 1. The van der Waals surface area contributed by atoms with Crippen LogP contribution in [0.15, 0.2) is 0 Å². The van der Waals surface area contributed by atoms with Crippen LogP contribution < -0.4 is 5.73 Å². The molecule has 1 aliphatic rings. The van der Waals surface area contributed by atoms with Crippen molar-refractivity contribution in [2.45, 2.75) is 19.4 Å². The van der Waals surface area contributed by atoms with Gasteiger partial charge in [0.25, 0.3) is 0 Å². The third-order valence-corrected chi connectivity index (χ3v) is 2.08. The second-order valence-corrected chi connectivity index (χ2v) is 2.95. The van der Waals surface area contributed by atoms with E-state index in [2.05, 4.69) is 0 Å². The minimum Gasteiger partial charge on any atom is -0.378 e. The van der Waals surface area contributed by atoms with E-state index in [4.69, 9.17) is 10.5 Å². The average Bonchev–Trinajstić information content (AvgIpc) is 2.17. The molecule has 0 bridgehead atoms. The van der Waals surface area contributed by atoms with Gasteiger partial charge in [-0.3, -0.25) is 4.79 Å². The fraction of sp³-hybridized carbons (Fsp3) is 0.875. The number of rotatable bonds is 2. The number of hydrogen-bond donors (Lipinski definition) is 1. The van der Waals surface area contributed by atoms with Gasteiger partial charge in [-0.15, -0.1) is 0 Å². The Hall–Kier alpha value is -0.610. The van der Waals surface area contributed by atoms with E-state index < -0.39 is 0 Å². The van der Waals surface area contributed by atoms with Gasteiger partial charge in [0.15, 0.2) is 0 Å². The molecule has 4 heteroatoms. The molecule has 1 aliphatic heterocycles. The van der Waals surface area contributed by atoms with Crippen molar-refractivity contribution in [3.8, 4) is 0 Å². The molecule has 0 radical (unpaired) electrons. The summed E-state index contributed by atoms with van der Waals surface area (Å²) in [5, 5.41) is 0. The van der Waals surface area contributed by atoms with Gasteiger partial charge < -0.3 is 15.4 Å². The van der Waals surface area contributed by atoms with Crippen LogP contribution in [0.25, 0.3) is 0 Å². The van der Waals surface area contributed by atoms with Crippen molar-refractivity contribution in [2.75, 3.05) is 26.3 Å². The van der Waals surface area contributed by atoms with Crippen LogP contribution in [0.5, 0.6) is 0 Å². The van der Waals surface area contributed by atoms with E-state index in [9.17, 15) is 4.79 Å². The van der Waals surface area contributed by atoms with Gasteiger partial charge in [0.2, 0.25) is 5.91 Å². The molecular formula is C8H16N2O2. The maximum absolute atomic E-state index is 11.5. The van der Waals surface area contributed by atoms with E-state index in [-0.39, 0.29) is 11.9 Å². The van der Waals surface area contributed by atoms with Gasteiger partial charge in [0, 0.05) is 13.1 Å². The van der Waals surface area contributed by atoms with Gasteiger partial charge in [-0.25, -0.2) is 0 Å². The van der Waals surface area contributed by atoms with Gasteiger partial charge in [0.1, 0.15) is 0 Å². The monoisotopic (exact) mass is 172 g/mol. The van der Waals surface area contributed by atoms with E-state index in [0.717, 1.165) is 0 Å². The summed E-state index contributed by atoms with van der Waals surface area (Å²) in [6, 6.07) is -0.330. The molecule has 1 unspecified atom stereocenters. The number of carbonyl (C=O) groups excluding carboxylic acids is 1. The Balaban J connectivity index is 2.39. The predicted molar refractivity (Wildman–Crippen MR) is 45.7 cm³/mol. The van der Waals surface area contributed by atoms with Crippen LogP contribution in [0.3, 0.4) is 0 Å². The molecule has 1 rings (SSSR count). The normalized spacial score (nSPS) is 20.7. The Morgan fingerprint density at radius 2 is 2.17 bits per heavy atom. The largest absolute Gasteiger partial charge is 0.378 e. The van der Waals surface area contributed by atoms with Crippen molar-refractivity contribution in [1.29, 1.82) is 0 Å². The molecule has 0 aromatic carbocycles. The Morgan fingerprint density at radius 1 is 1.58 bits per heavy atom. The van der Waals surface area contributed by atoms with Crippen LogP contribution in [0, 0.1) is 0 Å². The van der Waals surface area contributed by atoms with Crippen LogP contribution in [0.2, 0.25) is 0 Å². The molecule has 1 amide bonds. The highest BCUT2D eigenvalue weighted by molar-refractivity contribution is 5.81. The molecular weight excluding hydrogens is 156 g/mol. The first-order chi connectivity index (χ1) is 5.75. The van der Waals surface area contributed by atoms with Gasteiger partial charge in [-0.05, 0) is 6.42 Å². The van der Waals surface area contributed by atoms with Crippen LogP contribution >= 0.6 is 0 Å². The number of ether oxygens (including phenoxy) is 1. The summed E-state index contributed by atoms with van der Waals surface area (Å²) >= 11 is 0. The lowest BCUT2D eigenvalue weighted by Gasteiger charge is -2.28. The van der Waals surface area contributed by atoms with E-state index >= 15 is 0 Å². The van der Waals surface area contributed by atoms with Crippen molar-refractivity contribution in [1.82, 2.24) is 4.90 Å². The molecule has 0 aromatic rings. The first-order valence-corrected chi connectivity index (χ1v) is 4.37. The molecule has 70 valence electrons. The molecule has 12 heavy (non-hydrogen) atoms. The maximum Gasteiger partial charge on any atom is 0.239 e. The van der Waals surface area contributed by atoms with Gasteiger partial charge >= 0.3 is 0 Å². The van der Waals surface area contributed by atoms with Crippen molar-refractivity contribution in [3.63, 3.8) is 0 Å². The second kappa shape index (κ2) is 4.42. The van der Waals surface area contributed by atoms with Crippen LogP contribution in [0.1, 0.15) is 13.3 Å². The van der Waals surface area contributed by atoms with Gasteiger partial charge in [-0.1, -0.05) is 6.92 Å². The number of morpholine rings is 1.